The molecule has 1 unspecified atom stereocenters. The highest BCUT2D eigenvalue weighted by atomic mass is 16.5. The van der Waals surface area contributed by atoms with E-state index in [1.807, 2.05) is 7.05 Å². The molecule has 2 N–H and O–H groups in total. The van der Waals surface area contributed by atoms with Crippen molar-refractivity contribution in [1.82, 2.24) is 15.5 Å². The molecule has 0 saturated heterocycles. The fraction of sp³-hybridized carbons (Fsp3) is 0.944. The molecule has 5 heteroatoms. The second-order valence-electron chi connectivity index (χ2n) is 7.23. The number of ether oxygens (including phenoxy) is 1. The molecule has 0 amide bonds. The summed E-state index contributed by atoms with van der Waals surface area (Å²) >= 11 is 0. The molecule has 2 fully saturated rings. The molecule has 0 aliphatic heterocycles. The van der Waals surface area contributed by atoms with Gasteiger partial charge in [0.15, 0.2) is 5.96 Å². The summed E-state index contributed by atoms with van der Waals surface area (Å²) in [6.45, 7) is 2.55. The van der Waals surface area contributed by atoms with Crippen molar-refractivity contribution in [3.63, 3.8) is 0 Å². The van der Waals surface area contributed by atoms with E-state index in [2.05, 4.69) is 34.6 Å². The molecule has 0 bridgehead atoms. The maximum absolute atomic E-state index is 6.02. The van der Waals surface area contributed by atoms with E-state index in [9.17, 15) is 0 Å². The Labute approximate surface area is 142 Å². The minimum Gasteiger partial charge on any atom is -0.376 e. The summed E-state index contributed by atoms with van der Waals surface area (Å²) in [7, 11) is 6.17. The molecule has 2 aliphatic rings. The lowest BCUT2D eigenvalue weighted by Gasteiger charge is -2.25. The molecule has 0 spiro atoms. The fourth-order valence-electron chi connectivity index (χ4n) is 3.48. The van der Waals surface area contributed by atoms with Crippen LogP contribution in [0, 0.1) is 5.92 Å². The lowest BCUT2D eigenvalue weighted by molar-refractivity contribution is 0.0468. The summed E-state index contributed by atoms with van der Waals surface area (Å²) in [5.74, 6) is 1.75. The number of nitrogens with one attached hydrogen (secondary N) is 2. The third-order valence-electron chi connectivity index (χ3n) is 5.08. The van der Waals surface area contributed by atoms with Crippen LogP contribution in [0.5, 0.6) is 0 Å². The van der Waals surface area contributed by atoms with Crippen molar-refractivity contribution in [2.45, 2.75) is 63.5 Å². The first-order valence-corrected chi connectivity index (χ1v) is 9.43. The van der Waals surface area contributed by atoms with Crippen LogP contribution in [-0.2, 0) is 4.74 Å². The number of hydrogen-bond donors (Lipinski definition) is 2. The maximum atomic E-state index is 6.02. The van der Waals surface area contributed by atoms with Gasteiger partial charge in [-0.3, -0.25) is 4.99 Å². The van der Waals surface area contributed by atoms with Crippen LogP contribution in [0.25, 0.3) is 0 Å². The van der Waals surface area contributed by atoms with Crippen LogP contribution in [0.4, 0.5) is 0 Å². The summed E-state index contributed by atoms with van der Waals surface area (Å²) in [4.78, 5) is 6.65. The predicted octanol–water partition coefficient (Wildman–Crippen LogP) is 2.23. The Morgan fingerprint density at radius 1 is 1.09 bits per heavy atom. The number of likely N-dealkylation sites (N-methyl/N-ethyl adjacent to an activating group) is 1. The van der Waals surface area contributed by atoms with Crippen LogP contribution in [-0.4, -0.2) is 63.8 Å². The van der Waals surface area contributed by atoms with E-state index in [4.69, 9.17) is 4.74 Å². The Bertz CT molecular complexity index is 345. The summed E-state index contributed by atoms with van der Waals surface area (Å²) in [5, 5.41) is 6.84. The Hall–Kier alpha value is -0.810. The number of rotatable bonds is 8. The van der Waals surface area contributed by atoms with E-state index < -0.39 is 0 Å². The van der Waals surface area contributed by atoms with Crippen LogP contribution >= 0.6 is 0 Å². The van der Waals surface area contributed by atoms with Gasteiger partial charge < -0.3 is 20.3 Å². The lowest BCUT2D eigenvalue weighted by atomic mass is 10.1. The predicted molar refractivity (Wildman–Crippen MR) is 97.0 cm³/mol. The van der Waals surface area contributed by atoms with Gasteiger partial charge in [0.1, 0.15) is 0 Å². The van der Waals surface area contributed by atoms with Crippen molar-refractivity contribution >= 4 is 5.96 Å². The largest absolute Gasteiger partial charge is 0.376 e. The van der Waals surface area contributed by atoms with E-state index in [1.165, 1.54) is 51.4 Å². The molecular formula is C18H36N4O. The average molecular weight is 325 g/mol. The van der Waals surface area contributed by atoms with Gasteiger partial charge >= 0.3 is 0 Å². The van der Waals surface area contributed by atoms with E-state index in [0.717, 1.165) is 31.6 Å². The zero-order valence-corrected chi connectivity index (χ0v) is 15.3. The Morgan fingerprint density at radius 3 is 2.35 bits per heavy atom. The summed E-state index contributed by atoms with van der Waals surface area (Å²) < 4.78 is 6.02. The Balaban J connectivity index is 1.59. The van der Waals surface area contributed by atoms with Gasteiger partial charge in [-0.2, -0.15) is 0 Å². The van der Waals surface area contributed by atoms with E-state index in [0.29, 0.717) is 12.1 Å². The maximum Gasteiger partial charge on any atom is 0.191 e. The Kier molecular flexibility index (Phi) is 8.17. The van der Waals surface area contributed by atoms with Crippen LogP contribution in [0.3, 0.4) is 0 Å². The van der Waals surface area contributed by atoms with Gasteiger partial charge in [0, 0.05) is 26.2 Å². The second-order valence-corrected chi connectivity index (χ2v) is 7.23. The minimum atomic E-state index is 0.474. The molecule has 0 heterocycles. The third kappa shape index (κ3) is 7.08. The van der Waals surface area contributed by atoms with E-state index in [1.54, 1.807) is 0 Å². The topological polar surface area (TPSA) is 48.9 Å². The molecule has 0 aromatic carbocycles. The monoisotopic (exact) mass is 324 g/mol. The molecule has 5 nitrogen and oxygen atoms in total. The average Bonchev–Trinajstić information content (AvgIpc) is 3.36. The van der Waals surface area contributed by atoms with Gasteiger partial charge in [0.25, 0.3) is 0 Å². The van der Waals surface area contributed by atoms with Crippen molar-refractivity contribution in [1.29, 1.82) is 0 Å². The molecule has 2 saturated carbocycles. The Morgan fingerprint density at radius 2 is 1.78 bits per heavy atom. The first kappa shape index (κ1) is 18.5. The smallest absolute Gasteiger partial charge is 0.191 e. The highest BCUT2D eigenvalue weighted by Gasteiger charge is 2.32. The zero-order valence-electron chi connectivity index (χ0n) is 15.3. The fourth-order valence-corrected chi connectivity index (χ4v) is 3.48. The van der Waals surface area contributed by atoms with Crippen molar-refractivity contribution in [3.05, 3.63) is 0 Å². The number of hydrogen-bond acceptors (Lipinski definition) is 3. The van der Waals surface area contributed by atoms with Gasteiger partial charge in [-0.15, -0.1) is 0 Å². The van der Waals surface area contributed by atoms with E-state index in [-0.39, 0.29) is 0 Å². The van der Waals surface area contributed by atoms with Crippen LogP contribution in [0.2, 0.25) is 0 Å². The van der Waals surface area contributed by atoms with Crippen LogP contribution < -0.4 is 10.6 Å². The summed E-state index contributed by atoms with van der Waals surface area (Å²) in [6.07, 6.45) is 11.1. The zero-order chi connectivity index (χ0) is 16.5. The van der Waals surface area contributed by atoms with Crippen molar-refractivity contribution in [2.75, 3.05) is 40.8 Å². The second kappa shape index (κ2) is 10.1. The summed E-state index contributed by atoms with van der Waals surface area (Å²) in [5.41, 5.74) is 0. The quantitative estimate of drug-likeness (QED) is 0.311. The van der Waals surface area contributed by atoms with Gasteiger partial charge in [-0.25, -0.2) is 0 Å². The molecule has 2 rings (SSSR count). The molecule has 0 aromatic heterocycles. The standard InChI is InChI=1S/C18H36N4O/c1-19-18(21-14-17(22(2)3)15-10-11-15)20-12-13-23-16-8-6-4-5-7-9-16/h15-17H,4-14H2,1-3H3,(H2,19,20,21). The highest BCUT2D eigenvalue weighted by Crippen LogP contribution is 2.34. The lowest BCUT2D eigenvalue weighted by Crippen LogP contribution is -2.46. The first-order valence-electron chi connectivity index (χ1n) is 9.43. The van der Waals surface area contributed by atoms with Crippen molar-refractivity contribution in [3.8, 4) is 0 Å². The molecule has 0 radical (unpaired) electrons. The number of guanidine groups is 1. The number of aliphatic imine (C=N–C) groups is 1. The number of nitrogens with zero attached hydrogens (tertiary/aromatic N) is 2. The highest BCUT2D eigenvalue weighted by molar-refractivity contribution is 5.79. The summed E-state index contributed by atoms with van der Waals surface area (Å²) in [6, 6.07) is 0.607. The van der Waals surface area contributed by atoms with E-state index >= 15 is 0 Å². The normalized spacial score (nSPS) is 22.0. The van der Waals surface area contributed by atoms with Crippen LogP contribution in [0.15, 0.2) is 4.99 Å². The minimum absolute atomic E-state index is 0.474. The van der Waals surface area contributed by atoms with Crippen molar-refractivity contribution < 1.29 is 4.74 Å². The molecular weight excluding hydrogens is 288 g/mol. The van der Waals surface area contributed by atoms with Gasteiger partial charge in [0.05, 0.1) is 12.7 Å². The third-order valence-corrected chi connectivity index (χ3v) is 5.08. The molecule has 0 aromatic rings. The van der Waals surface area contributed by atoms with Gasteiger partial charge in [-0.1, -0.05) is 25.7 Å². The van der Waals surface area contributed by atoms with Gasteiger partial charge in [-0.05, 0) is 45.7 Å². The van der Waals surface area contributed by atoms with Crippen LogP contribution in [0.1, 0.15) is 51.4 Å². The molecule has 23 heavy (non-hydrogen) atoms. The molecule has 2 aliphatic carbocycles. The molecule has 1 atom stereocenters. The first-order chi connectivity index (χ1) is 11.2. The SMILES string of the molecule is CN=C(NCCOC1CCCCCC1)NCC(C1CC1)N(C)C. The van der Waals surface area contributed by atoms with Crippen molar-refractivity contribution in [2.24, 2.45) is 10.9 Å². The van der Waals surface area contributed by atoms with Gasteiger partial charge in [0.2, 0.25) is 0 Å². The molecule has 134 valence electrons.